The lowest BCUT2D eigenvalue weighted by molar-refractivity contribution is -0.146. The number of carboxylic acids is 1. The molecule has 4 rings (SSSR count). The highest BCUT2D eigenvalue weighted by atomic mass is 16.5. The van der Waals surface area contributed by atoms with E-state index in [1.54, 1.807) is 20.0 Å². The predicted octanol–water partition coefficient (Wildman–Crippen LogP) is 6.17. The van der Waals surface area contributed by atoms with Crippen molar-refractivity contribution in [1.82, 2.24) is 9.97 Å². The molecule has 0 spiro atoms. The van der Waals surface area contributed by atoms with Gasteiger partial charge in [-0.25, -0.2) is 4.98 Å². The second kappa shape index (κ2) is 12.2. The number of anilines is 1. The quantitative estimate of drug-likeness (QED) is 0.241. The summed E-state index contributed by atoms with van der Waals surface area (Å²) in [5.41, 5.74) is 2.22. The first-order valence-corrected chi connectivity index (χ1v) is 12.7. The van der Waals surface area contributed by atoms with Gasteiger partial charge < -0.3 is 19.9 Å². The third-order valence-electron chi connectivity index (χ3n) is 6.02. The molecule has 0 saturated carbocycles. The lowest BCUT2D eigenvalue weighted by atomic mass is 9.86. The lowest BCUT2D eigenvalue weighted by Gasteiger charge is -2.19. The summed E-state index contributed by atoms with van der Waals surface area (Å²) < 4.78 is 11.7. The van der Waals surface area contributed by atoms with Gasteiger partial charge in [0.15, 0.2) is 17.3 Å². The number of aliphatic carboxylic acids is 1. The molecule has 200 valence electrons. The van der Waals surface area contributed by atoms with Crippen LogP contribution in [0.4, 0.5) is 5.82 Å². The summed E-state index contributed by atoms with van der Waals surface area (Å²) in [4.78, 5) is 32.9. The number of carboxylic acid groups (broad SMARTS) is 1. The molecule has 0 radical (unpaired) electrons. The lowest BCUT2D eigenvalue weighted by Crippen LogP contribution is -2.26. The van der Waals surface area contributed by atoms with Gasteiger partial charge in [0.2, 0.25) is 5.91 Å². The molecule has 1 aromatic heterocycles. The van der Waals surface area contributed by atoms with E-state index in [-0.39, 0.29) is 12.3 Å². The van der Waals surface area contributed by atoms with Crippen LogP contribution in [-0.4, -0.2) is 33.6 Å². The van der Waals surface area contributed by atoms with Gasteiger partial charge in [0, 0.05) is 5.56 Å². The minimum absolute atomic E-state index is 0.150. The van der Waals surface area contributed by atoms with Crippen LogP contribution in [0.3, 0.4) is 0 Å². The van der Waals surface area contributed by atoms with Gasteiger partial charge in [-0.2, -0.15) is 0 Å². The summed E-state index contributed by atoms with van der Waals surface area (Å²) in [6.07, 6.45) is 3.68. The van der Waals surface area contributed by atoms with E-state index >= 15 is 0 Å². The standard InChI is InChI=1S/C31H31N3O5/c1-4-38-26-10-5-6-11-27(26)39-24-9-7-8-23(17-24)25-19-32-20-28(33-25)34-29(35)16-21-12-14-22(15-13-21)18-31(2,3)30(36)37/h5-15,17,19-20H,4,16,18H2,1-3H3,(H,36,37)(H,33,34,35). The van der Waals surface area contributed by atoms with E-state index in [1.807, 2.05) is 79.7 Å². The Balaban J connectivity index is 1.41. The number of carbonyl (C=O) groups excluding carboxylic acids is 1. The fourth-order valence-corrected chi connectivity index (χ4v) is 3.95. The van der Waals surface area contributed by atoms with Crippen molar-refractivity contribution in [3.05, 3.63) is 96.3 Å². The number of rotatable bonds is 11. The topological polar surface area (TPSA) is 111 Å². The number of para-hydroxylation sites is 2. The van der Waals surface area contributed by atoms with Gasteiger partial charge in [0.25, 0.3) is 0 Å². The van der Waals surface area contributed by atoms with E-state index < -0.39 is 11.4 Å². The van der Waals surface area contributed by atoms with Crippen LogP contribution in [0.15, 0.2) is 85.2 Å². The second-order valence-electron chi connectivity index (χ2n) is 9.71. The monoisotopic (exact) mass is 525 g/mol. The minimum Gasteiger partial charge on any atom is -0.490 e. The number of nitrogens with one attached hydrogen (secondary N) is 1. The zero-order chi connectivity index (χ0) is 27.8. The van der Waals surface area contributed by atoms with E-state index in [1.165, 1.54) is 6.20 Å². The van der Waals surface area contributed by atoms with Gasteiger partial charge in [-0.1, -0.05) is 48.5 Å². The van der Waals surface area contributed by atoms with Crippen LogP contribution in [0.2, 0.25) is 0 Å². The van der Waals surface area contributed by atoms with Crippen LogP contribution >= 0.6 is 0 Å². The van der Waals surface area contributed by atoms with Gasteiger partial charge in [-0.3, -0.25) is 14.6 Å². The first-order valence-electron chi connectivity index (χ1n) is 12.7. The summed E-state index contributed by atoms with van der Waals surface area (Å²) >= 11 is 0. The highest BCUT2D eigenvalue weighted by Gasteiger charge is 2.27. The Morgan fingerprint density at radius 2 is 1.64 bits per heavy atom. The number of hydrogen-bond donors (Lipinski definition) is 2. The van der Waals surface area contributed by atoms with Gasteiger partial charge in [-0.05, 0) is 62.6 Å². The average molecular weight is 526 g/mol. The summed E-state index contributed by atoms with van der Waals surface area (Å²) in [5, 5.41) is 12.1. The Bertz CT molecular complexity index is 1450. The molecule has 0 aliphatic rings. The zero-order valence-electron chi connectivity index (χ0n) is 22.2. The summed E-state index contributed by atoms with van der Waals surface area (Å²) in [7, 11) is 0. The smallest absolute Gasteiger partial charge is 0.309 e. The van der Waals surface area contributed by atoms with Crippen molar-refractivity contribution in [3.63, 3.8) is 0 Å². The summed E-state index contributed by atoms with van der Waals surface area (Å²) in [5.74, 6) is 1.15. The van der Waals surface area contributed by atoms with Gasteiger partial charge in [0.1, 0.15) is 5.75 Å². The van der Waals surface area contributed by atoms with E-state index in [0.29, 0.717) is 41.8 Å². The fourth-order valence-electron chi connectivity index (χ4n) is 3.95. The summed E-state index contributed by atoms with van der Waals surface area (Å²) in [6.45, 7) is 5.83. The van der Waals surface area contributed by atoms with E-state index in [2.05, 4.69) is 15.3 Å². The molecular weight excluding hydrogens is 494 g/mol. The fraction of sp³-hybridized carbons (Fsp3) is 0.226. The number of carbonyl (C=O) groups is 2. The van der Waals surface area contributed by atoms with Crippen molar-refractivity contribution in [2.45, 2.75) is 33.6 Å². The largest absolute Gasteiger partial charge is 0.490 e. The number of amides is 1. The van der Waals surface area contributed by atoms with Crippen molar-refractivity contribution in [2.75, 3.05) is 11.9 Å². The molecule has 0 atom stereocenters. The van der Waals surface area contributed by atoms with Crippen LogP contribution in [-0.2, 0) is 22.4 Å². The molecule has 0 unspecified atom stereocenters. The predicted molar refractivity (Wildman–Crippen MR) is 149 cm³/mol. The maximum absolute atomic E-state index is 12.7. The summed E-state index contributed by atoms with van der Waals surface area (Å²) in [6, 6.07) is 22.3. The van der Waals surface area contributed by atoms with Crippen LogP contribution in [0, 0.1) is 5.41 Å². The molecule has 8 nitrogen and oxygen atoms in total. The third kappa shape index (κ3) is 7.41. The molecule has 0 aliphatic heterocycles. The molecule has 1 heterocycles. The molecule has 39 heavy (non-hydrogen) atoms. The molecule has 2 N–H and O–H groups in total. The Hall–Kier alpha value is -4.72. The highest BCUT2D eigenvalue weighted by molar-refractivity contribution is 5.91. The van der Waals surface area contributed by atoms with Crippen molar-refractivity contribution < 1.29 is 24.2 Å². The number of nitrogens with zero attached hydrogens (tertiary/aromatic N) is 2. The molecule has 4 aromatic rings. The maximum Gasteiger partial charge on any atom is 0.309 e. The molecule has 8 heteroatoms. The molecule has 3 aromatic carbocycles. The molecule has 1 amide bonds. The Labute approximate surface area is 227 Å². The minimum atomic E-state index is -0.859. The van der Waals surface area contributed by atoms with Crippen molar-refractivity contribution in [2.24, 2.45) is 5.41 Å². The average Bonchev–Trinajstić information content (AvgIpc) is 2.91. The molecular formula is C31H31N3O5. The van der Waals surface area contributed by atoms with E-state index in [4.69, 9.17) is 9.47 Å². The Morgan fingerprint density at radius 1 is 0.923 bits per heavy atom. The Morgan fingerprint density at radius 3 is 2.36 bits per heavy atom. The normalized spacial score (nSPS) is 11.1. The third-order valence-corrected chi connectivity index (χ3v) is 6.02. The van der Waals surface area contributed by atoms with Gasteiger partial charge in [-0.15, -0.1) is 0 Å². The highest BCUT2D eigenvalue weighted by Crippen LogP contribution is 2.33. The van der Waals surface area contributed by atoms with Crippen LogP contribution in [0.25, 0.3) is 11.3 Å². The van der Waals surface area contributed by atoms with Crippen molar-refractivity contribution in [1.29, 1.82) is 0 Å². The van der Waals surface area contributed by atoms with Crippen molar-refractivity contribution in [3.8, 4) is 28.5 Å². The molecule has 0 bridgehead atoms. The zero-order valence-corrected chi connectivity index (χ0v) is 22.2. The number of aromatic nitrogens is 2. The van der Waals surface area contributed by atoms with Crippen LogP contribution in [0.5, 0.6) is 17.2 Å². The maximum atomic E-state index is 12.7. The van der Waals surface area contributed by atoms with Gasteiger partial charge in [0.05, 0.1) is 36.5 Å². The van der Waals surface area contributed by atoms with E-state index in [0.717, 1.165) is 16.7 Å². The first-order chi connectivity index (χ1) is 18.7. The molecule has 0 fully saturated rings. The Kier molecular flexibility index (Phi) is 8.56. The second-order valence-corrected chi connectivity index (χ2v) is 9.71. The molecule has 0 saturated heterocycles. The SMILES string of the molecule is CCOc1ccccc1Oc1cccc(-c2cncc(NC(=O)Cc3ccc(CC(C)(C)C(=O)O)cc3)n2)c1. The van der Waals surface area contributed by atoms with Gasteiger partial charge >= 0.3 is 5.97 Å². The van der Waals surface area contributed by atoms with Crippen LogP contribution in [0.1, 0.15) is 31.9 Å². The first kappa shape index (κ1) is 27.3. The molecule has 0 aliphatic carbocycles. The van der Waals surface area contributed by atoms with Crippen molar-refractivity contribution >= 4 is 17.7 Å². The number of ether oxygens (including phenoxy) is 2. The number of hydrogen-bond acceptors (Lipinski definition) is 6. The van der Waals surface area contributed by atoms with E-state index in [9.17, 15) is 14.7 Å². The number of benzene rings is 3. The van der Waals surface area contributed by atoms with Crippen LogP contribution < -0.4 is 14.8 Å².